The van der Waals surface area contributed by atoms with Gasteiger partial charge in [-0.2, -0.15) is 8.78 Å². The van der Waals surface area contributed by atoms with Crippen LogP contribution < -0.4 is 20.1 Å². The van der Waals surface area contributed by atoms with E-state index in [0.717, 1.165) is 11.0 Å². The Balaban J connectivity index is 1.26. The molecule has 0 radical (unpaired) electrons. The molecule has 7 atom stereocenters. The van der Waals surface area contributed by atoms with E-state index in [-0.39, 0.29) is 30.5 Å². The van der Waals surface area contributed by atoms with Gasteiger partial charge in [0.05, 0.1) is 41.5 Å². The molecule has 0 spiro atoms. The van der Waals surface area contributed by atoms with Crippen molar-refractivity contribution in [1.29, 1.82) is 0 Å². The zero-order valence-electron chi connectivity index (χ0n) is 31.4. The summed E-state index contributed by atoms with van der Waals surface area (Å²) in [4.78, 5) is 65.1. The Morgan fingerprint density at radius 3 is 2.35 bits per heavy atom. The Hall–Kier alpha value is -4.59. The van der Waals surface area contributed by atoms with Crippen molar-refractivity contribution < 1.29 is 59.4 Å². The smallest absolute Gasteiger partial charge is 0.408 e. The van der Waals surface area contributed by atoms with E-state index in [4.69, 9.17) is 14.2 Å². The van der Waals surface area contributed by atoms with Crippen molar-refractivity contribution in [2.45, 2.75) is 119 Å². The summed E-state index contributed by atoms with van der Waals surface area (Å²) in [6.07, 6.45) is -4.00. The average molecular weight is 825 g/mol. The molecule has 2 aliphatic heterocycles. The molecule has 5 aliphatic rings. The fourth-order valence-electron chi connectivity index (χ4n) is 7.63. The number of benzene rings is 1. The first-order chi connectivity index (χ1) is 26.8. The Kier molecular flexibility index (Phi) is 10.7. The molecule has 3 saturated carbocycles. The van der Waals surface area contributed by atoms with E-state index in [2.05, 4.69) is 20.6 Å². The van der Waals surface area contributed by atoms with E-state index in [0.29, 0.717) is 25.3 Å². The normalized spacial score (nSPS) is 30.6. The van der Waals surface area contributed by atoms with Gasteiger partial charge in [-0.15, -0.1) is 0 Å². The second-order valence-corrected chi connectivity index (χ2v) is 18.3. The highest BCUT2D eigenvalue weighted by Gasteiger charge is 2.67. The molecule has 4 amide bonds. The number of carbonyl (C=O) groups is 4. The lowest BCUT2D eigenvalue weighted by Crippen LogP contribution is -2.60. The number of alkyl carbamates (subject to hydrolysis) is 1. The molecule has 15 nitrogen and oxygen atoms in total. The molecule has 3 aliphatic carbocycles. The predicted molar refractivity (Wildman–Crippen MR) is 192 cm³/mol. The van der Waals surface area contributed by atoms with Crippen molar-refractivity contribution in [3.8, 4) is 5.88 Å². The summed E-state index contributed by atoms with van der Waals surface area (Å²) in [5, 5.41) is 4.06. The van der Waals surface area contributed by atoms with E-state index in [1.54, 1.807) is 32.9 Å². The molecule has 1 aromatic carbocycles. The summed E-state index contributed by atoms with van der Waals surface area (Å²) in [5.74, 6) is -9.40. The Morgan fingerprint density at radius 1 is 1.02 bits per heavy atom. The summed E-state index contributed by atoms with van der Waals surface area (Å²) >= 11 is 0. The molecule has 3 N–H and O–H groups in total. The number of carbonyl (C=O) groups excluding carboxylic acids is 4. The van der Waals surface area contributed by atoms with Crippen molar-refractivity contribution in [2.24, 2.45) is 11.3 Å². The van der Waals surface area contributed by atoms with Gasteiger partial charge in [0.15, 0.2) is 5.69 Å². The van der Waals surface area contributed by atoms with Gasteiger partial charge in [0.25, 0.3) is 5.91 Å². The molecule has 7 rings (SSSR count). The third-order valence-electron chi connectivity index (χ3n) is 11.0. The van der Waals surface area contributed by atoms with Crippen molar-refractivity contribution in [2.75, 3.05) is 13.2 Å². The van der Waals surface area contributed by atoms with E-state index >= 15 is 8.78 Å². The first-order valence-electron chi connectivity index (χ1n) is 18.8. The molecule has 7 unspecified atom stereocenters. The van der Waals surface area contributed by atoms with E-state index in [9.17, 15) is 36.4 Å². The van der Waals surface area contributed by atoms with E-state index in [1.807, 2.05) is 4.72 Å². The number of nitrogens with zero attached hydrogens (tertiary/aromatic N) is 3. The SMILES string of the molecule is CC(C)(C)C1NC(=O)OC2CCCC2OCC=CC(F)(F)c2nc3ccccc3nc2OC2CC(C(=O)NC3(C(=O)NS(=O)(=O)C4CC4)CC3C(F)F)N(C2)C1=O. The molecule has 2 aromatic rings. The summed E-state index contributed by atoms with van der Waals surface area (Å²) < 4.78 is 105. The van der Waals surface area contributed by atoms with Gasteiger partial charge in [0.2, 0.25) is 34.1 Å². The maximum atomic E-state index is 16.0. The number of nitrogens with one attached hydrogen (secondary N) is 3. The van der Waals surface area contributed by atoms with Gasteiger partial charge in [-0.1, -0.05) is 39.0 Å². The number of rotatable bonds is 6. The number of halogens is 4. The molecule has 2 bridgehead atoms. The standard InChI is InChI=1S/C37H44F4N6O9S/c1-35(2,3)28-32(49)47-18-19(16-24(47)30(48)45-36(17-21(36)29(38)39)33(50)46-57(52,53)20-12-13-20)55-31-27(42-22-8-4-5-9-23(22)43-31)37(40,41)14-7-15-54-25-10-6-11-26(25)56-34(51)44-28/h4-5,7-9,14,19-21,24-26,28-29H,6,10-13,15-18H2,1-3H3,(H,44,51)(H,45,48)(H,46,50). The number of sulfonamides is 1. The van der Waals surface area contributed by atoms with Crippen molar-refractivity contribution in [3.05, 3.63) is 42.1 Å². The van der Waals surface area contributed by atoms with Crippen LogP contribution >= 0.6 is 0 Å². The number of hydrogen-bond acceptors (Lipinski definition) is 11. The van der Waals surface area contributed by atoms with Crippen LogP contribution in [0, 0.1) is 11.3 Å². The molecule has 57 heavy (non-hydrogen) atoms. The molecule has 3 heterocycles. The molecule has 310 valence electrons. The first-order valence-corrected chi connectivity index (χ1v) is 20.4. The van der Waals surface area contributed by atoms with Crippen LogP contribution in [0.1, 0.15) is 71.4 Å². The lowest BCUT2D eigenvalue weighted by Gasteiger charge is -2.35. The highest BCUT2D eigenvalue weighted by molar-refractivity contribution is 7.91. The fourth-order valence-corrected chi connectivity index (χ4v) is 8.99. The average Bonchev–Trinajstić information content (AvgIpc) is 4.04. The van der Waals surface area contributed by atoms with Crippen LogP contribution in [0.15, 0.2) is 36.4 Å². The number of amides is 4. The number of para-hydroxylation sites is 2. The molecular weight excluding hydrogens is 780 g/mol. The van der Waals surface area contributed by atoms with Crippen LogP contribution in [0.5, 0.6) is 5.88 Å². The number of hydrogen-bond donors (Lipinski definition) is 3. The highest BCUT2D eigenvalue weighted by Crippen LogP contribution is 2.48. The Bertz CT molecular complexity index is 2080. The van der Waals surface area contributed by atoms with Gasteiger partial charge in [-0.25, -0.2) is 32.0 Å². The Labute approximate surface area is 325 Å². The monoisotopic (exact) mass is 824 g/mol. The highest BCUT2D eigenvalue weighted by atomic mass is 32.2. The van der Waals surface area contributed by atoms with E-state index < -0.39 is 130 Å². The summed E-state index contributed by atoms with van der Waals surface area (Å²) in [5.41, 5.74) is -3.89. The number of aromatic nitrogens is 2. The maximum absolute atomic E-state index is 16.0. The van der Waals surface area contributed by atoms with Crippen molar-refractivity contribution in [1.82, 2.24) is 30.2 Å². The quantitative estimate of drug-likeness (QED) is 0.285. The van der Waals surface area contributed by atoms with Crippen LogP contribution in [0.3, 0.4) is 0 Å². The van der Waals surface area contributed by atoms with Crippen LogP contribution in [0.4, 0.5) is 22.4 Å². The van der Waals surface area contributed by atoms with Gasteiger partial charge in [0.1, 0.15) is 29.8 Å². The summed E-state index contributed by atoms with van der Waals surface area (Å²) in [7, 11) is -4.20. The van der Waals surface area contributed by atoms with E-state index in [1.165, 1.54) is 12.1 Å². The second-order valence-electron chi connectivity index (χ2n) is 16.3. The Morgan fingerprint density at radius 2 is 1.70 bits per heavy atom. The van der Waals surface area contributed by atoms with Crippen LogP contribution in [-0.4, -0.2) is 108 Å². The van der Waals surface area contributed by atoms with Gasteiger partial charge in [-0.3, -0.25) is 19.1 Å². The molecule has 20 heteroatoms. The topological polar surface area (TPSA) is 195 Å². The van der Waals surface area contributed by atoms with Crippen LogP contribution in [0.2, 0.25) is 0 Å². The third-order valence-corrected chi connectivity index (χ3v) is 12.8. The lowest BCUT2D eigenvalue weighted by molar-refractivity contribution is -0.143. The molecule has 1 saturated heterocycles. The van der Waals surface area contributed by atoms with Crippen molar-refractivity contribution >= 4 is 44.9 Å². The van der Waals surface area contributed by atoms with Crippen LogP contribution in [0.25, 0.3) is 11.0 Å². The minimum absolute atomic E-state index is 0.131. The molecular formula is C37H44F4N6O9S. The zero-order chi connectivity index (χ0) is 41.1. The zero-order valence-corrected chi connectivity index (χ0v) is 32.2. The lowest BCUT2D eigenvalue weighted by atomic mass is 9.85. The largest absolute Gasteiger partial charge is 0.471 e. The minimum Gasteiger partial charge on any atom is -0.471 e. The van der Waals surface area contributed by atoms with Gasteiger partial charge < -0.3 is 29.7 Å². The minimum atomic E-state index is -4.20. The second kappa shape index (κ2) is 15.0. The fraction of sp³-hybridized carbons (Fsp3) is 0.622. The predicted octanol–water partition coefficient (Wildman–Crippen LogP) is 3.47. The summed E-state index contributed by atoms with van der Waals surface area (Å²) in [6.45, 7) is 4.23. The molecule has 4 fully saturated rings. The van der Waals surface area contributed by atoms with Gasteiger partial charge in [-0.05, 0) is 62.1 Å². The van der Waals surface area contributed by atoms with Gasteiger partial charge in [0, 0.05) is 6.42 Å². The first kappa shape index (κ1) is 40.6. The van der Waals surface area contributed by atoms with Crippen LogP contribution in [-0.2, 0) is 39.8 Å². The maximum Gasteiger partial charge on any atom is 0.408 e. The number of ether oxygens (including phenoxy) is 3. The number of alkyl halides is 4. The summed E-state index contributed by atoms with van der Waals surface area (Å²) in [6, 6.07) is 3.27. The number of allylic oxidation sites excluding steroid dienone is 1. The van der Waals surface area contributed by atoms with Gasteiger partial charge >= 0.3 is 12.0 Å². The number of fused-ring (bicyclic) bond motifs is 5. The third kappa shape index (κ3) is 8.38. The molecule has 1 aromatic heterocycles. The van der Waals surface area contributed by atoms with Crippen molar-refractivity contribution in [3.63, 3.8) is 0 Å².